The van der Waals surface area contributed by atoms with Crippen molar-refractivity contribution >= 4 is 21.6 Å². The van der Waals surface area contributed by atoms with Gasteiger partial charge in [-0.25, -0.2) is 4.68 Å². The molecule has 1 aromatic heterocycles. The van der Waals surface area contributed by atoms with Crippen LogP contribution in [0.5, 0.6) is 0 Å². The first-order valence-electron chi connectivity index (χ1n) is 6.47. The molecule has 1 N–H and O–H groups in total. The third kappa shape index (κ3) is 2.76. The molecule has 1 aliphatic carbocycles. The number of halogens is 1. The molecule has 5 heteroatoms. The summed E-state index contributed by atoms with van der Waals surface area (Å²) in [6, 6.07) is 0.446. The molecule has 0 radical (unpaired) electrons. The van der Waals surface area contributed by atoms with Gasteiger partial charge in [-0.15, -0.1) is 0 Å². The molecule has 0 spiro atoms. The van der Waals surface area contributed by atoms with Crippen LogP contribution in [0.1, 0.15) is 33.1 Å². The molecule has 1 fully saturated rings. The Morgan fingerprint density at radius 1 is 1.39 bits per heavy atom. The van der Waals surface area contributed by atoms with E-state index in [9.17, 15) is 4.79 Å². The predicted molar refractivity (Wildman–Crippen MR) is 76.8 cm³/mol. The Labute approximate surface area is 116 Å². The molecule has 1 aromatic rings. The standard InChI is InChI=1S/C13H20BrN3O/c1-8-4-5-10(6-9(8)2)16-11-7-15-17(3)13(18)12(11)14/h7-10,16H,4-6H2,1-3H3. The van der Waals surface area contributed by atoms with Crippen LogP contribution in [0.25, 0.3) is 0 Å². The highest BCUT2D eigenvalue weighted by atomic mass is 79.9. The molecule has 3 unspecified atom stereocenters. The molecule has 18 heavy (non-hydrogen) atoms. The Morgan fingerprint density at radius 2 is 2.11 bits per heavy atom. The smallest absolute Gasteiger partial charge is 0.282 e. The van der Waals surface area contributed by atoms with E-state index in [2.05, 4.69) is 40.2 Å². The lowest BCUT2D eigenvalue weighted by Crippen LogP contribution is -2.31. The van der Waals surface area contributed by atoms with Gasteiger partial charge in [0.25, 0.3) is 5.56 Å². The summed E-state index contributed by atoms with van der Waals surface area (Å²) in [5.41, 5.74) is 0.710. The van der Waals surface area contributed by atoms with Crippen molar-refractivity contribution in [2.75, 3.05) is 5.32 Å². The Kier molecular flexibility index (Phi) is 4.10. The number of hydrogen-bond donors (Lipinski definition) is 1. The zero-order valence-electron chi connectivity index (χ0n) is 11.1. The topological polar surface area (TPSA) is 46.9 Å². The van der Waals surface area contributed by atoms with Gasteiger partial charge in [0.05, 0.1) is 11.9 Å². The van der Waals surface area contributed by atoms with Crippen LogP contribution in [0.3, 0.4) is 0 Å². The monoisotopic (exact) mass is 313 g/mol. The molecule has 100 valence electrons. The van der Waals surface area contributed by atoms with Crippen LogP contribution in [-0.4, -0.2) is 15.8 Å². The van der Waals surface area contributed by atoms with Gasteiger partial charge in [-0.1, -0.05) is 13.8 Å². The highest BCUT2D eigenvalue weighted by Gasteiger charge is 2.25. The van der Waals surface area contributed by atoms with E-state index in [4.69, 9.17) is 0 Å². The van der Waals surface area contributed by atoms with Crippen LogP contribution < -0.4 is 10.9 Å². The minimum absolute atomic E-state index is 0.0998. The summed E-state index contributed by atoms with van der Waals surface area (Å²) in [4.78, 5) is 11.8. The molecule has 0 aromatic carbocycles. The maximum Gasteiger partial charge on any atom is 0.282 e. The molecule has 0 saturated heterocycles. The summed E-state index contributed by atoms with van der Waals surface area (Å²) in [5.74, 6) is 1.53. The van der Waals surface area contributed by atoms with E-state index < -0.39 is 0 Å². The molecular formula is C13H20BrN3O. The van der Waals surface area contributed by atoms with E-state index >= 15 is 0 Å². The van der Waals surface area contributed by atoms with Gasteiger partial charge in [-0.3, -0.25) is 4.79 Å². The first kappa shape index (κ1) is 13.6. The van der Waals surface area contributed by atoms with E-state index in [0.29, 0.717) is 10.5 Å². The summed E-state index contributed by atoms with van der Waals surface area (Å²) < 4.78 is 1.91. The Hall–Kier alpha value is -0.840. The third-order valence-corrected chi connectivity index (χ3v) is 4.80. The average Bonchev–Trinajstić information content (AvgIpc) is 2.34. The van der Waals surface area contributed by atoms with Crippen molar-refractivity contribution < 1.29 is 0 Å². The summed E-state index contributed by atoms with van der Waals surface area (Å²) >= 11 is 3.35. The van der Waals surface area contributed by atoms with E-state index in [0.717, 1.165) is 30.4 Å². The van der Waals surface area contributed by atoms with Gasteiger partial charge in [-0.2, -0.15) is 5.10 Å². The van der Waals surface area contributed by atoms with Crippen molar-refractivity contribution in [1.82, 2.24) is 9.78 Å². The first-order valence-corrected chi connectivity index (χ1v) is 7.26. The van der Waals surface area contributed by atoms with Crippen molar-refractivity contribution in [2.24, 2.45) is 18.9 Å². The number of nitrogens with zero attached hydrogens (tertiary/aromatic N) is 2. The second-order valence-corrected chi connectivity index (χ2v) is 6.20. The van der Waals surface area contributed by atoms with Gasteiger partial charge < -0.3 is 5.32 Å². The number of anilines is 1. The fraction of sp³-hybridized carbons (Fsp3) is 0.692. The lowest BCUT2D eigenvalue weighted by molar-refractivity contribution is 0.261. The van der Waals surface area contributed by atoms with Crippen molar-refractivity contribution in [3.63, 3.8) is 0 Å². The minimum Gasteiger partial charge on any atom is -0.380 e. The van der Waals surface area contributed by atoms with Crippen LogP contribution >= 0.6 is 15.9 Å². The van der Waals surface area contributed by atoms with Crippen LogP contribution in [0.15, 0.2) is 15.5 Å². The average molecular weight is 314 g/mol. The molecule has 1 saturated carbocycles. The molecule has 0 aliphatic heterocycles. The van der Waals surface area contributed by atoms with Crippen LogP contribution in [0, 0.1) is 11.8 Å². The molecule has 0 bridgehead atoms. The summed E-state index contributed by atoms with van der Waals surface area (Å²) in [6.07, 6.45) is 5.28. The summed E-state index contributed by atoms with van der Waals surface area (Å²) in [7, 11) is 1.65. The van der Waals surface area contributed by atoms with Gasteiger partial charge in [0, 0.05) is 13.1 Å². The van der Waals surface area contributed by atoms with E-state index in [1.165, 1.54) is 11.1 Å². The van der Waals surface area contributed by atoms with Gasteiger partial charge >= 0.3 is 0 Å². The molecule has 2 rings (SSSR count). The second kappa shape index (κ2) is 5.43. The lowest BCUT2D eigenvalue weighted by Gasteiger charge is -2.33. The third-order valence-electron chi connectivity index (χ3n) is 4.04. The van der Waals surface area contributed by atoms with E-state index in [1.807, 2.05) is 0 Å². The molecule has 1 heterocycles. The number of hydrogen-bond acceptors (Lipinski definition) is 3. The van der Waals surface area contributed by atoms with Crippen molar-refractivity contribution in [3.8, 4) is 0 Å². The highest BCUT2D eigenvalue weighted by Crippen LogP contribution is 2.31. The van der Waals surface area contributed by atoms with Gasteiger partial charge in [0.1, 0.15) is 4.47 Å². The second-order valence-electron chi connectivity index (χ2n) is 5.41. The summed E-state index contributed by atoms with van der Waals surface area (Å²) in [6.45, 7) is 4.62. The minimum atomic E-state index is -0.0998. The SMILES string of the molecule is CC1CCC(Nc2cnn(C)c(=O)c2Br)CC1C. The van der Waals surface area contributed by atoms with Gasteiger partial charge in [0.2, 0.25) is 0 Å². The molecule has 3 atom stereocenters. The van der Waals surface area contributed by atoms with Crippen LogP contribution in [0.4, 0.5) is 5.69 Å². The van der Waals surface area contributed by atoms with Crippen LogP contribution in [0.2, 0.25) is 0 Å². The van der Waals surface area contributed by atoms with Crippen molar-refractivity contribution in [2.45, 2.75) is 39.2 Å². The normalized spacial score (nSPS) is 28.1. The molecular weight excluding hydrogens is 294 g/mol. The largest absolute Gasteiger partial charge is 0.380 e. The molecule has 1 aliphatic rings. The first-order chi connectivity index (χ1) is 8.49. The van der Waals surface area contributed by atoms with Crippen molar-refractivity contribution in [1.29, 1.82) is 0 Å². The Balaban J connectivity index is 2.11. The van der Waals surface area contributed by atoms with Gasteiger partial charge in [0.15, 0.2) is 0 Å². The number of aromatic nitrogens is 2. The molecule has 4 nitrogen and oxygen atoms in total. The zero-order valence-corrected chi connectivity index (χ0v) is 12.7. The summed E-state index contributed by atoms with van der Waals surface area (Å²) in [5, 5.41) is 7.50. The number of rotatable bonds is 2. The Morgan fingerprint density at radius 3 is 2.78 bits per heavy atom. The fourth-order valence-electron chi connectivity index (χ4n) is 2.51. The highest BCUT2D eigenvalue weighted by molar-refractivity contribution is 9.10. The number of aryl methyl sites for hydroxylation is 1. The quantitative estimate of drug-likeness (QED) is 0.913. The van der Waals surface area contributed by atoms with E-state index in [1.54, 1.807) is 13.2 Å². The maximum absolute atomic E-state index is 11.8. The lowest BCUT2D eigenvalue weighted by atomic mass is 9.79. The van der Waals surface area contributed by atoms with Crippen molar-refractivity contribution in [3.05, 3.63) is 21.0 Å². The maximum atomic E-state index is 11.8. The van der Waals surface area contributed by atoms with E-state index in [-0.39, 0.29) is 5.56 Å². The Bertz CT molecular complexity index is 486. The van der Waals surface area contributed by atoms with Gasteiger partial charge in [-0.05, 0) is 47.0 Å². The fourth-order valence-corrected chi connectivity index (χ4v) is 2.98. The molecule has 0 amide bonds. The predicted octanol–water partition coefficient (Wildman–Crippen LogP) is 2.78. The zero-order chi connectivity index (χ0) is 13.3. The van der Waals surface area contributed by atoms with Crippen LogP contribution in [-0.2, 0) is 7.05 Å². The number of nitrogens with one attached hydrogen (secondary N) is 1.